The summed E-state index contributed by atoms with van der Waals surface area (Å²) in [5, 5.41) is 3.32. The highest BCUT2D eigenvalue weighted by Gasteiger charge is 2.28. The molecule has 0 spiro atoms. The fraction of sp³-hybridized carbons (Fsp3) is 0.316. The summed E-state index contributed by atoms with van der Waals surface area (Å²) in [4.78, 5) is 39.8. The number of anilines is 1. The molecule has 3 rings (SSSR count). The number of benzene rings is 1. The number of nitrogens with zero attached hydrogens (tertiary/aromatic N) is 1. The van der Waals surface area contributed by atoms with Crippen LogP contribution in [0, 0.1) is 0 Å². The highest BCUT2D eigenvalue weighted by Crippen LogP contribution is 2.37. The summed E-state index contributed by atoms with van der Waals surface area (Å²) in [6.45, 7) is 2.52. The third-order valence-corrected chi connectivity index (χ3v) is 6.40. The van der Waals surface area contributed by atoms with Crippen LogP contribution in [0.25, 0.3) is 0 Å². The van der Waals surface area contributed by atoms with E-state index in [9.17, 15) is 14.4 Å². The maximum absolute atomic E-state index is 12.5. The van der Waals surface area contributed by atoms with Gasteiger partial charge in [0.2, 0.25) is 11.8 Å². The molecular formula is C19H21N3O3S2. The van der Waals surface area contributed by atoms with Gasteiger partial charge in [0.05, 0.1) is 18.5 Å². The second-order valence-corrected chi connectivity index (χ2v) is 8.32. The molecule has 0 saturated heterocycles. The van der Waals surface area contributed by atoms with E-state index < -0.39 is 5.91 Å². The van der Waals surface area contributed by atoms with Crippen molar-refractivity contribution in [1.29, 1.82) is 0 Å². The molecule has 3 N–H and O–H groups in total. The van der Waals surface area contributed by atoms with Crippen molar-refractivity contribution in [3.63, 3.8) is 0 Å². The summed E-state index contributed by atoms with van der Waals surface area (Å²) in [6.07, 6.45) is 2.78. The van der Waals surface area contributed by atoms with Crippen LogP contribution in [0.1, 0.15) is 33.3 Å². The van der Waals surface area contributed by atoms with Crippen molar-refractivity contribution < 1.29 is 14.4 Å². The van der Waals surface area contributed by atoms with Crippen LogP contribution >= 0.6 is 23.1 Å². The van der Waals surface area contributed by atoms with Crippen LogP contribution in [-0.4, -0.2) is 35.4 Å². The van der Waals surface area contributed by atoms with Crippen LogP contribution in [-0.2, 0) is 29.0 Å². The van der Waals surface area contributed by atoms with Gasteiger partial charge in [-0.05, 0) is 35.9 Å². The van der Waals surface area contributed by atoms with Gasteiger partial charge in [-0.1, -0.05) is 12.1 Å². The highest BCUT2D eigenvalue weighted by molar-refractivity contribution is 7.98. The first-order valence-electron chi connectivity index (χ1n) is 8.51. The number of fused-ring (bicyclic) bond motifs is 1. The molecule has 3 amide bonds. The number of carbonyl (C=O) groups excluding carboxylic acids is 3. The van der Waals surface area contributed by atoms with E-state index >= 15 is 0 Å². The second-order valence-electron chi connectivity index (χ2n) is 6.34. The maximum Gasteiger partial charge on any atom is 0.251 e. The minimum atomic E-state index is -0.552. The summed E-state index contributed by atoms with van der Waals surface area (Å²) in [5.74, 6) is -0.756. The molecule has 1 aromatic carbocycles. The SMILES string of the molecule is CSc1ccc(CC(=O)Nc2sc3c(c2C(N)=O)CCN(C(C)=O)C3)cc1. The Kier molecular flexibility index (Phi) is 5.86. The Balaban J connectivity index is 1.78. The van der Waals surface area contributed by atoms with Crippen LogP contribution in [0.15, 0.2) is 29.2 Å². The predicted molar refractivity (Wildman–Crippen MR) is 108 cm³/mol. The van der Waals surface area contributed by atoms with E-state index in [-0.39, 0.29) is 18.2 Å². The van der Waals surface area contributed by atoms with E-state index in [0.717, 1.165) is 20.9 Å². The summed E-state index contributed by atoms with van der Waals surface area (Å²) in [6, 6.07) is 7.79. The van der Waals surface area contributed by atoms with Crippen LogP contribution in [0.5, 0.6) is 0 Å². The Bertz CT molecular complexity index is 890. The molecule has 8 heteroatoms. The quantitative estimate of drug-likeness (QED) is 0.751. The van der Waals surface area contributed by atoms with Gasteiger partial charge in [-0.3, -0.25) is 14.4 Å². The van der Waals surface area contributed by atoms with Gasteiger partial charge in [0.15, 0.2) is 0 Å². The third-order valence-electron chi connectivity index (χ3n) is 4.53. The molecule has 142 valence electrons. The van der Waals surface area contributed by atoms with Crippen LogP contribution in [0.2, 0.25) is 0 Å². The lowest BCUT2D eigenvalue weighted by Gasteiger charge is -2.25. The molecule has 1 aliphatic rings. The number of thioether (sulfide) groups is 1. The molecule has 0 radical (unpaired) electrons. The van der Waals surface area contributed by atoms with E-state index in [2.05, 4.69) is 5.32 Å². The van der Waals surface area contributed by atoms with Crippen molar-refractivity contribution in [2.45, 2.75) is 31.2 Å². The summed E-state index contributed by atoms with van der Waals surface area (Å²) in [5.41, 5.74) is 7.70. The number of hydrogen-bond donors (Lipinski definition) is 2. The lowest BCUT2D eigenvalue weighted by molar-refractivity contribution is -0.129. The van der Waals surface area contributed by atoms with E-state index in [1.54, 1.807) is 16.7 Å². The molecule has 0 bridgehead atoms. The van der Waals surface area contributed by atoms with Crippen molar-refractivity contribution in [1.82, 2.24) is 4.90 Å². The zero-order chi connectivity index (χ0) is 19.6. The molecule has 0 aliphatic carbocycles. The standard InChI is InChI=1S/C19H21N3O3S2/c1-11(23)22-8-7-14-15(10-22)27-19(17(14)18(20)25)21-16(24)9-12-3-5-13(26-2)6-4-12/h3-6H,7-10H2,1-2H3,(H2,20,25)(H,21,24). The Morgan fingerprint density at radius 2 is 1.96 bits per heavy atom. The number of nitrogens with two attached hydrogens (primary N) is 1. The average Bonchev–Trinajstić information content (AvgIpc) is 2.99. The Morgan fingerprint density at radius 1 is 1.26 bits per heavy atom. The topological polar surface area (TPSA) is 92.5 Å². The summed E-state index contributed by atoms with van der Waals surface area (Å²) < 4.78 is 0. The van der Waals surface area contributed by atoms with Gasteiger partial charge in [-0.25, -0.2) is 0 Å². The van der Waals surface area contributed by atoms with Crippen LogP contribution in [0.4, 0.5) is 5.00 Å². The zero-order valence-corrected chi connectivity index (χ0v) is 16.8. The first-order chi connectivity index (χ1) is 12.9. The van der Waals surface area contributed by atoms with Gasteiger partial charge in [0.1, 0.15) is 5.00 Å². The average molecular weight is 404 g/mol. The van der Waals surface area contributed by atoms with E-state index in [0.29, 0.717) is 30.1 Å². The van der Waals surface area contributed by atoms with Crippen molar-refractivity contribution in [2.75, 3.05) is 18.1 Å². The largest absolute Gasteiger partial charge is 0.365 e. The number of carbonyl (C=O) groups is 3. The molecule has 1 aromatic heterocycles. The fourth-order valence-corrected chi connectivity index (χ4v) is 4.81. The molecule has 1 aliphatic heterocycles. The van der Waals surface area contributed by atoms with E-state index in [4.69, 9.17) is 5.73 Å². The molecular weight excluding hydrogens is 382 g/mol. The Morgan fingerprint density at radius 3 is 2.56 bits per heavy atom. The van der Waals surface area contributed by atoms with Crippen LogP contribution < -0.4 is 11.1 Å². The van der Waals surface area contributed by atoms with E-state index in [1.807, 2.05) is 30.5 Å². The number of nitrogens with one attached hydrogen (secondary N) is 1. The first kappa shape index (κ1) is 19.4. The maximum atomic E-state index is 12.5. The molecule has 0 saturated carbocycles. The van der Waals surface area contributed by atoms with Crippen molar-refractivity contribution >= 4 is 45.8 Å². The minimum Gasteiger partial charge on any atom is -0.365 e. The Hall–Kier alpha value is -2.32. The molecule has 6 nitrogen and oxygen atoms in total. The second kappa shape index (κ2) is 8.14. The summed E-state index contributed by atoms with van der Waals surface area (Å²) in [7, 11) is 0. The molecule has 2 aromatic rings. The minimum absolute atomic E-state index is 0.00560. The highest BCUT2D eigenvalue weighted by atomic mass is 32.2. The molecule has 0 fully saturated rings. The van der Waals surface area contributed by atoms with Gasteiger partial charge in [-0.15, -0.1) is 23.1 Å². The van der Waals surface area contributed by atoms with Crippen molar-refractivity contribution in [3.8, 4) is 0 Å². The van der Waals surface area contributed by atoms with Gasteiger partial charge in [0, 0.05) is 23.2 Å². The normalized spacial score (nSPS) is 13.2. The van der Waals surface area contributed by atoms with Crippen molar-refractivity contribution in [3.05, 3.63) is 45.8 Å². The number of thiophene rings is 1. The molecule has 27 heavy (non-hydrogen) atoms. The molecule has 0 unspecified atom stereocenters. The number of primary amides is 1. The lowest BCUT2D eigenvalue weighted by Crippen LogP contribution is -2.34. The van der Waals surface area contributed by atoms with Gasteiger partial charge >= 0.3 is 0 Å². The first-order valence-corrected chi connectivity index (χ1v) is 10.6. The predicted octanol–water partition coefficient (Wildman–Crippen LogP) is 2.65. The number of rotatable bonds is 5. The third kappa shape index (κ3) is 4.33. The van der Waals surface area contributed by atoms with Gasteiger partial charge < -0.3 is 16.0 Å². The Labute approximate surface area is 166 Å². The number of amides is 3. The molecule has 2 heterocycles. The van der Waals surface area contributed by atoms with Gasteiger partial charge in [-0.2, -0.15) is 0 Å². The lowest BCUT2D eigenvalue weighted by atomic mass is 10.0. The monoisotopic (exact) mass is 403 g/mol. The van der Waals surface area contributed by atoms with E-state index in [1.165, 1.54) is 18.3 Å². The fourth-order valence-electron chi connectivity index (χ4n) is 3.12. The van der Waals surface area contributed by atoms with Crippen molar-refractivity contribution in [2.24, 2.45) is 5.73 Å². The molecule has 0 atom stereocenters. The smallest absolute Gasteiger partial charge is 0.251 e. The summed E-state index contributed by atoms with van der Waals surface area (Å²) >= 11 is 2.97. The van der Waals surface area contributed by atoms with Crippen LogP contribution in [0.3, 0.4) is 0 Å². The number of hydrogen-bond acceptors (Lipinski definition) is 5. The van der Waals surface area contributed by atoms with Gasteiger partial charge in [0.25, 0.3) is 5.91 Å². The zero-order valence-electron chi connectivity index (χ0n) is 15.2.